The van der Waals surface area contributed by atoms with Crippen LogP contribution >= 0.6 is 0 Å². The predicted molar refractivity (Wildman–Crippen MR) is 131 cm³/mol. The van der Waals surface area contributed by atoms with Crippen molar-refractivity contribution in [3.05, 3.63) is 102 Å². The van der Waals surface area contributed by atoms with Crippen molar-refractivity contribution in [1.29, 1.82) is 0 Å². The quantitative estimate of drug-likeness (QED) is 0.315. The van der Waals surface area contributed by atoms with E-state index in [9.17, 15) is 4.79 Å². The van der Waals surface area contributed by atoms with Crippen molar-refractivity contribution in [2.75, 3.05) is 14.2 Å². The van der Waals surface area contributed by atoms with E-state index in [1.807, 2.05) is 24.3 Å². The van der Waals surface area contributed by atoms with Gasteiger partial charge in [0.1, 0.15) is 0 Å². The molecule has 1 saturated carbocycles. The van der Waals surface area contributed by atoms with E-state index in [0.29, 0.717) is 9.41 Å². The number of hydrogen-bond acceptors (Lipinski definition) is 3. The summed E-state index contributed by atoms with van der Waals surface area (Å²) in [6, 6.07) is 29.7. The van der Waals surface area contributed by atoms with Crippen molar-refractivity contribution >= 4 is 21.7 Å². The van der Waals surface area contributed by atoms with E-state index in [-0.39, 0.29) is 21.7 Å². The summed E-state index contributed by atoms with van der Waals surface area (Å²) < 4.78 is 11.9. The molecular formula is C28H31AsO3. The average molecular weight is 490 g/mol. The van der Waals surface area contributed by atoms with Crippen molar-refractivity contribution in [3.63, 3.8) is 0 Å². The van der Waals surface area contributed by atoms with Crippen LogP contribution in [0.5, 0.6) is 5.75 Å². The molecule has 1 unspecified atom stereocenters. The molecule has 0 heterocycles. The van der Waals surface area contributed by atoms with Crippen molar-refractivity contribution in [1.82, 2.24) is 0 Å². The molecule has 0 radical (unpaired) electrons. The molecule has 0 aromatic heterocycles. The maximum atomic E-state index is 13.0. The normalized spacial score (nSPS) is 21.0. The number of carbonyl (C=O) groups excluding carboxylic acids is 1. The molecule has 0 N–H and O–H groups in total. The van der Waals surface area contributed by atoms with E-state index in [1.165, 1.54) is 18.2 Å². The Bertz CT molecular complexity index is 972. The van der Waals surface area contributed by atoms with E-state index in [2.05, 4.69) is 60.7 Å². The van der Waals surface area contributed by atoms with Crippen LogP contribution < -0.4 is 4.74 Å². The first-order valence-corrected chi connectivity index (χ1v) is 13.7. The van der Waals surface area contributed by atoms with Gasteiger partial charge in [0.25, 0.3) is 0 Å². The van der Waals surface area contributed by atoms with E-state index in [4.69, 9.17) is 9.47 Å². The molecular weight excluding hydrogens is 459 g/mol. The maximum absolute atomic E-state index is 13.0. The van der Waals surface area contributed by atoms with Crippen LogP contribution in [0.1, 0.15) is 47.1 Å². The van der Waals surface area contributed by atoms with Crippen molar-refractivity contribution < 1.29 is 14.3 Å². The van der Waals surface area contributed by atoms with Gasteiger partial charge in [-0.25, -0.2) is 0 Å². The Hall–Kier alpha value is -2.51. The van der Waals surface area contributed by atoms with E-state index in [1.54, 1.807) is 7.11 Å². The van der Waals surface area contributed by atoms with Gasteiger partial charge in [-0.05, 0) is 0 Å². The summed E-state index contributed by atoms with van der Waals surface area (Å²) in [4.78, 5) is 13.0. The van der Waals surface area contributed by atoms with Gasteiger partial charge in [0, 0.05) is 0 Å². The molecule has 0 bridgehead atoms. The average Bonchev–Trinajstić information content (AvgIpc) is 2.88. The minimum absolute atomic E-state index is 0.119. The van der Waals surface area contributed by atoms with Gasteiger partial charge in [-0.1, -0.05) is 0 Å². The molecule has 1 aliphatic rings. The second-order valence-corrected chi connectivity index (χ2v) is 12.1. The Balaban J connectivity index is 1.56. The molecule has 0 saturated heterocycles. The van der Waals surface area contributed by atoms with Gasteiger partial charge in [0.2, 0.25) is 0 Å². The number of benzene rings is 3. The molecule has 1 fully saturated rings. The first kappa shape index (κ1) is 22.7. The second kappa shape index (κ2) is 10.4. The minimum atomic E-state index is -0.569. The van der Waals surface area contributed by atoms with Crippen LogP contribution in [0.4, 0.5) is 0 Å². The monoisotopic (exact) mass is 490 g/mol. The van der Waals surface area contributed by atoms with Gasteiger partial charge in [-0.15, -0.1) is 0 Å². The first-order valence-electron chi connectivity index (χ1n) is 11.2. The van der Waals surface area contributed by atoms with Crippen LogP contribution in [0.15, 0.2) is 84.9 Å². The molecule has 32 heavy (non-hydrogen) atoms. The molecule has 4 heteroatoms. The number of carbonyl (C=O) groups is 1. The Kier molecular flexibility index (Phi) is 7.37. The third kappa shape index (κ3) is 4.78. The zero-order valence-electron chi connectivity index (χ0n) is 18.8. The standard InChI is InChI=1S/C28H31AsO3/c1-31-25-15-9-14-23(20-25)28(27(30)32-2)18-16-24(17-19-28)29-26(21-10-5-3-6-11-21)22-12-7-4-8-13-22/h3-15,20,24,26,29H,16-19H2,1-2H3. The van der Waals surface area contributed by atoms with Crippen LogP contribution in [-0.2, 0) is 14.9 Å². The fourth-order valence-electron chi connectivity index (χ4n) is 4.92. The summed E-state index contributed by atoms with van der Waals surface area (Å²) in [6.45, 7) is 0. The molecule has 3 aromatic rings. The number of methoxy groups -OCH3 is 2. The van der Waals surface area contributed by atoms with Gasteiger partial charge in [0.05, 0.1) is 0 Å². The summed E-state index contributed by atoms with van der Waals surface area (Å²) in [7, 11) is 3.17. The Labute approximate surface area is 197 Å². The van der Waals surface area contributed by atoms with E-state index in [0.717, 1.165) is 37.0 Å². The number of ether oxygens (including phenoxy) is 2. The number of esters is 1. The summed E-state index contributed by atoms with van der Waals surface area (Å²) >= 11 is -0.310. The van der Waals surface area contributed by atoms with Crippen LogP contribution in [0, 0.1) is 0 Å². The molecule has 4 rings (SSSR count). The molecule has 0 amide bonds. The topological polar surface area (TPSA) is 35.5 Å². The molecule has 1 atom stereocenters. The van der Waals surface area contributed by atoms with E-state index < -0.39 is 5.41 Å². The van der Waals surface area contributed by atoms with Crippen LogP contribution in [0.3, 0.4) is 0 Å². The summed E-state index contributed by atoms with van der Waals surface area (Å²) in [6.07, 6.45) is 3.78. The third-order valence-corrected chi connectivity index (χ3v) is 11.0. The molecule has 0 aliphatic heterocycles. The van der Waals surface area contributed by atoms with Crippen molar-refractivity contribution in [3.8, 4) is 5.75 Å². The summed E-state index contributed by atoms with van der Waals surface area (Å²) in [5.74, 6) is 0.668. The SMILES string of the molecule is COC(=O)C1(c2cccc(OC)c2)CCC([AsH]C(c2ccccc2)c2ccccc2)CC1. The summed E-state index contributed by atoms with van der Waals surface area (Å²) in [5.41, 5.74) is 3.28. The van der Waals surface area contributed by atoms with Crippen LogP contribution in [-0.4, -0.2) is 35.9 Å². The van der Waals surface area contributed by atoms with Crippen molar-refractivity contribution in [2.24, 2.45) is 0 Å². The van der Waals surface area contributed by atoms with Gasteiger partial charge in [-0.2, -0.15) is 0 Å². The van der Waals surface area contributed by atoms with Crippen LogP contribution in [0.25, 0.3) is 0 Å². The fraction of sp³-hybridized carbons (Fsp3) is 0.321. The zero-order valence-corrected chi connectivity index (χ0v) is 20.9. The molecule has 1 aliphatic carbocycles. The van der Waals surface area contributed by atoms with Crippen LogP contribution in [0.2, 0.25) is 4.71 Å². The van der Waals surface area contributed by atoms with Gasteiger partial charge in [-0.3, -0.25) is 0 Å². The van der Waals surface area contributed by atoms with Gasteiger partial charge in [0.15, 0.2) is 0 Å². The Morgan fingerprint density at radius 1 is 0.875 bits per heavy atom. The zero-order chi connectivity index (χ0) is 22.4. The fourth-order valence-corrected chi connectivity index (χ4v) is 8.82. The Morgan fingerprint density at radius 3 is 2.00 bits per heavy atom. The van der Waals surface area contributed by atoms with Gasteiger partial charge >= 0.3 is 198 Å². The first-order chi connectivity index (χ1) is 15.7. The van der Waals surface area contributed by atoms with E-state index >= 15 is 0 Å². The third-order valence-electron chi connectivity index (χ3n) is 6.71. The Morgan fingerprint density at radius 2 is 1.47 bits per heavy atom. The molecule has 0 spiro atoms. The molecule has 3 nitrogen and oxygen atoms in total. The number of rotatable bonds is 7. The number of hydrogen-bond donors (Lipinski definition) is 0. The predicted octanol–water partition coefficient (Wildman–Crippen LogP) is 5.69. The molecule has 166 valence electrons. The van der Waals surface area contributed by atoms with Gasteiger partial charge < -0.3 is 0 Å². The summed E-state index contributed by atoms with van der Waals surface area (Å²) in [5, 5.41) is 0. The second-order valence-electron chi connectivity index (χ2n) is 8.50. The van der Waals surface area contributed by atoms with Crippen molar-refractivity contribution in [2.45, 2.75) is 40.5 Å². The molecule has 3 aromatic carbocycles.